The van der Waals surface area contributed by atoms with Crippen LogP contribution in [0.1, 0.15) is 23.8 Å². The van der Waals surface area contributed by atoms with Gasteiger partial charge < -0.3 is 10.1 Å². The average Bonchev–Trinajstić information content (AvgIpc) is 2.59. The number of methoxy groups -OCH3 is 1. The predicted molar refractivity (Wildman–Crippen MR) is 57.3 cm³/mol. The van der Waals surface area contributed by atoms with Crippen LogP contribution in [-0.4, -0.2) is 35.8 Å². The lowest BCUT2D eigenvalue weighted by Gasteiger charge is -2.05. The Kier molecular flexibility index (Phi) is 4.30. The van der Waals surface area contributed by atoms with E-state index in [1.165, 1.54) is 11.8 Å². The SMILES string of the molecule is CCCNCC(=O)c1c(OC)cnn1C. The lowest BCUT2D eigenvalue weighted by Crippen LogP contribution is -2.25. The molecule has 0 radical (unpaired) electrons. The van der Waals surface area contributed by atoms with Gasteiger partial charge in [0, 0.05) is 7.05 Å². The van der Waals surface area contributed by atoms with Crippen molar-refractivity contribution in [3.63, 3.8) is 0 Å². The first-order valence-corrected chi connectivity index (χ1v) is 5.00. The Morgan fingerprint density at radius 3 is 3.00 bits per heavy atom. The van der Waals surface area contributed by atoms with E-state index in [0.717, 1.165) is 13.0 Å². The minimum atomic E-state index is 0.000278. The highest BCUT2D eigenvalue weighted by Crippen LogP contribution is 2.16. The van der Waals surface area contributed by atoms with Crippen LogP contribution in [0.15, 0.2) is 6.20 Å². The number of hydrogen-bond acceptors (Lipinski definition) is 4. The number of aromatic nitrogens is 2. The van der Waals surface area contributed by atoms with Gasteiger partial charge in [0.15, 0.2) is 11.5 Å². The van der Waals surface area contributed by atoms with Crippen LogP contribution in [0.25, 0.3) is 0 Å². The van der Waals surface area contributed by atoms with Crippen LogP contribution >= 0.6 is 0 Å². The summed E-state index contributed by atoms with van der Waals surface area (Å²) >= 11 is 0. The molecule has 1 aromatic heterocycles. The molecule has 15 heavy (non-hydrogen) atoms. The van der Waals surface area contributed by atoms with Crippen molar-refractivity contribution in [3.05, 3.63) is 11.9 Å². The number of nitrogens with one attached hydrogen (secondary N) is 1. The second kappa shape index (κ2) is 5.50. The molecule has 0 saturated heterocycles. The second-order valence-corrected chi connectivity index (χ2v) is 3.29. The molecule has 0 amide bonds. The number of aryl methyl sites for hydroxylation is 1. The third-order valence-electron chi connectivity index (χ3n) is 2.10. The highest BCUT2D eigenvalue weighted by atomic mass is 16.5. The van der Waals surface area contributed by atoms with Crippen LogP contribution in [-0.2, 0) is 7.05 Å². The summed E-state index contributed by atoms with van der Waals surface area (Å²) in [5, 5.41) is 7.04. The Hall–Kier alpha value is -1.36. The maximum atomic E-state index is 11.8. The summed E-state index contributed by atoms with van der Waals surface area (Å²) in [4.78, 5) is 11.8. The fraction of sp³-hybridized carbons (Fsp3) is 0.600. The Labute approximate surface area is 89.4 Å². The van der Waals surface area contributed by atoms with Gasteiger partial charge in [-0.1, -0.05) is 6.92 Å². The number of hydrogen-bond donors (Lipinski definition) is 1. The number of Topliss-reactive ketones (excluding diaryl/α,β-unsaturated/α-hetero) is 1. The van der Waals surface area contributed by atoms with Crippen molar-refractivity contribution in [1.82, 2.24) is 15.1 Å². The number of carbonyl (C=O) groups excluding carboxylic acids is 1. The van der Waals surface area contributed by atoms with E-state index in [0.29, 0.717) is 18.0 Å². The molecule has 5 nitrogen and oxygen atoms in total. The van der Waals surface area contributed by atoms with Crippen molar-refractivity contribution in [3.8, 4) is 5.75 Å². The zero-order chi connectivity index (χ0) is 11.3. The number of carbonyl (C=O) groups is 1. The molecule has 1 N–H and O–H groups in total. The maximum Gasteiger partial charge on any atom is 0.198 e. The fourth-order valence-electron chi connectivity index (χ4n) is 1.35. The van der Waals surface area contributed by atoms with Gasteiger partial charge in [-0.15, -0.1) is 0 Å². The summed E-state index contributed by atoms with van der Waals surface area (Å²) in [5.41, 5.74) is 0.515. The zero-order valence-corrected chi connectivity index (χ0v) is 9.41. The van der Waals surface area contributed by atoms with Gasteiger partial charge >= 0.3 is 0 Å². The molecule has 0 spiro atoms. The van der Waals surface area contributed by atoms with E-state index < -0.39 is 0 Å². The van der Waals surface area contributed by atoms with E-state index >= 15 is 0 Å². The summed E-state index contributed by atoms with van der Waals surface area (Å²) in [6.45, 7) is 3.22. The number of rotatable bonds is 6. The quantitative estimate of drug-likeness (QED) is 0.553. The summed E-state index contributed by atoms with van der Waals surface area (Å²) in [6, 6.07) is 0. The van der Waals surface area contributed by atoms with Gasteiger partial charge in [-0.25, -0.2) is 0 Å². The van der Waals surface area contributed by atoms with Gasteiger partial charge in [0.05, 0.1) is 19.9 Å². The molecule has 0 atom stereocenters. The molecule has 1 aromatic rings. The van der Waals surface area contributed by atoms with Gasteiger partial charge in [-0.3, -0.25) is 9.48 Å². The van der Waals surface area contributed by atoms with Crippen molar-refractivity contribution in [2.45, 2.75) is 13.3 Å². The monoisotopic (exact) mass is 211 g/mol. The second-order valence-electron chi connectivity index (χ2n) is 3.29. The summed E-state index contributed by atoms with van der Waals surface area (Å²) in [6.07, 6.45) is 2.56. The van der Waals surface area contributed by atoms with Crippen LogP contribution in [0, 0.1) is 0 Å². The molecule has 1 rings (SSSR count). The van der Waals surface area contributed by atoms with Crippen LogP contribution in [0.5, 0.6) is 5.75 Å². The molecule has 0 aliphatic heterocycles. The van der Waals surface area contributed by atoms with Crippen LogP contribution < -0.4 is 10.1 Å². The first-order chi connectivity index (χ1) is 7.20. The Bertz CT molecular complexity index is 333. The van der Waals surface area contributed by atoms with Gasteiger partial charge in [0.1, 0.15) is 5.69 Å². The smallest absolute Gasteiger partial charge is 0.198 e. The molecule has 0 aliphatic carbocycles. The standard InChI is InChI=1S/C10H17N3O2/c1-4-5-11-6-8(14)10-9(15-3)7-12-13(10)2/h7,11H,4-6H2,1-3H3. The molecule has 0 bridgehead atoms. The summed E-state index contributed by atoms with van der Waals surface area (Å²) in [7, 11) is 3.27. The highest BCUT2D eigenvalue weighted by Gasteiger charge is 2.16. The van der Waals surface area contributed by atoms with Crippen molar-refractivity contribution >= 4 is 5.78 Å². The van der Waals surface area contributed by atoms with Gasteiger partial charge in [-0.05, 0) is 13.0 Å². The Morgan fingerprint density at radius 2 is 2.40 bits per heavy atom. The molecule has 0 aromatic carbocycles. The summed E-state index contributed by atoms with van der Waals surface area (Å²) in [5.74, 6) is 0.529. The molecule has 0 unspecified atom stereocenters. The van der Waals surface area contributed by atoms with Gasteiger partial charge in [0.25, 0.3) is 0 Å². The molecule has 0 aliphatic rings. The highest BCUT2D eigenvalue weighted by molar-refractivity contribution is 5.98. The average molecular weight is 211 g/mol. The predicted octanol–water partition coefficient (Wildman–Crippen LogP) is 0.611. The van der Waals surface area contributed by atoms with E-state index in [2.05, 4.69) is 17.3 Å². The fourth-order valence-corrected chi connectivity index (χ4v) is 1.35. The van der Waals surface area contributed by atoms with Gasteiger partial charge in [0.2, 0.25) is 0 Å². The van der Waals surface area contributed by atoms with Crippen molar-refractivity contribution in [1.29, 1.82) is 0 Å². The molecule has 0 fully saturated rings. The summed E-state index contributed by atoms with van der Waals surface area (Å²) < 4.78 is 6.60. The van der Waals surface area contributed by atoms with E-state index in [-0.39, 0.29) is 5.78 Å². The molecule has 5 heteroatoms. The van der Waals surface area contributed by atoms with Crippen LogP contribution in [0.2, 0.25) is 0 Å². The van der Waals surface area contributed by atoms with E-state index in [1.807, 2.05) is 0 Å². The normalized spacial score (nSPS) is 10.3. The minimum absolute atomic E-state index is 0.000278. The molecule has 1 heterocycles. The largest absolute Gasteiger partial charge is 0.493 e. The molecular formula is C10H17N3O2. The molecule has 84 valence electrons. The molecule has 0 saturated carbocycles. The molecular weight excluding hydrogens is 194 g/mol. The Morgan fingerprint density at radius 1 is 1.67 bits per heavy atom. The van der Waals surface area contributed by atoms with Crippen LogP contribution in [0.3, 0.4) is 0 Å². The number of ketones is 1. The zero-order valence-electron chi connectivity index (χ0n) is 9.41. The van der Waals surface area contributed by atoms with Crippen molar-refractivity contribution in [2.75, 3.05) is 20.2 Å². The lowest BCUT2D eigenvalue weighted by atomic mass is 10.2. The first-order valence-electron chi connectivity index (χ1n) is 5.00. The van der Waals surface area contributed by atoms with Crippen molar-refractivity contribution < 1.29 is 9.53 Å². The van der Waals surface area contributed by atoms with E-state index in [4.69, 9.17) is 4.74 Å². The van der Waals surface area contributed by atoms with E-state index in [1.54, 1.807) is 13.2 Å². The van der Waals surface area contributed by atoms with Crippen LogP contribution in [0.4, 0.5) is 0 Å². The third-order valence-corrected chi connectivity index (χ3v) is 2.10. The number of nitrogens with zero attached hydrogens (tertiary/aromatic N) is 2. The minimum Gasteiger partial charge on any atom is -0.493 e. The maximum absolute atomic E-state index is 11.8. The topological polar surface area (TPSA) is 56.1 Å². The third kappa shape index (κ3) is 2.79. The van der Waals surface area contributed by atoms with Gasteiger partial charge in [-0.2, -0.15) is 5.10 Å². The van der Waals surface area contributed by atoms with Crippen molar-refractivity contribution in [2.24, 2.45) is 7.05 Å². The number of ether oxygens (including phenoxy) is 1. The Balaban J connectivity index is 2.67. The first kappa shape index (κ1) is 11.7. The lowest BCUT2D eigenvalue weighted by molar-refractivity contribution is 0.0979. The van der Waals surface area contributed by atoms with E-state index in [9.17, 15) is 4.79 Å².